The third-order valence-electron chi connectivity index (χ3n) is 2.34. The second kappa shape index (κ2) is 7.86. The lowest BCUT2D eigenvalue weighted by molar-refractivity contribution is -0.144. The number of nitrogens with one attached hydrogen (secondary N) is 1. The predicted molar refractivity (Wildman–Crippen MR) is 74.1 cm³/mol. The molecule has 20 heavy (non-hydrogen) atoms. The molecule has 1 aromatic rings. The maximum absolute atomic E-state index is 11.8. The Balaban J connectivity index is 2.57. The predicted octanol–water partition coefficient (Wildman–Crippen LogP) is 1.93. The Morgan fingerprint density at radius 3 is 2.65 bits per heavy atom. The number of carbonyl (C=O) groups excluding carboxylic acids is 2. The molecule has 6 nitrogen and oxygen atoms in total. The third kappa shape index (κ3) is 5.18. The van der Waals surface area contributed by atoms with Gasteiger partial charge in [-0.15, -0.1) is 11.3 Å². The molecule has 1 aromatic heterocycles. The van der Waals surface area contributed by atoms with Gasteiger partial charge in [0.1, 0.15) is 6.04 Å². The van der Waals surface area contributed by atoms with E-state index in [9.17, 15) is 14.4 Å². The monoisotopic (exact) mass is 319 g/mol. The van der Waals surface area contributed by atoms with Gasteiger partial charge in [-0.05, 0) is 25.5 Å². The number of ether oxygens (including phenoxy) is 1. The highest BCUT2D eigenvalue weighted by Crippen LogP contribution is 2.21. The number of hydrogen-bond acceptors (Lipinski definition) is 5. The smallest absolute Gasteiger partial charge is 0.326 e. The number of rotatable bonds is 7. The van der Waals surface area contributed by atoms with E-state index in [1.165, 1.54) is 6.07 Å². The third-order valence-corrected chi connectivity index (χ3v) is 3.57. The van der Waals surface area contributed by atoms with Crippen molar-refractivity contribution < 1.29 is 24.2 Å². The fourth-order valence-corrected chi connectivity index (χ4v) is 2.36. The number of hydrogen-bond donors (Lipinski definition) is 2. The van der Waals surface area contributed by atoms with Crippen LogP contribution in [0.5, 0.6) is 0 Å². The van der Waals surface area contributed by atoms with E-state index in [0.717, 1.165) is 11.3 Å². The van der Waals surface area contributed by atoms with E-state index >= 15 is 0 Å². The van der Waals surface area contributed by atoms with Gasteiger partial charge in [-0.1, -0.05) is 11.6 Å². The van der Waals surface area contributed by atoms with Crippen molar-refractivity contribution in [2.75, 3.05) is 6.61 Å². The summed E-state index contributed by atoms with van der Waals surface area (Å²) >= 11 is 6.75. The molecule has 2 N–H and O–H groups in total. The number of carbonyl (C=O) groups is 3. The summed E-state index contributed by atoms with van der Waals surface area (Å²) in [4.78, 5) is 34.4. The van der Waals surface area contributed by atoms with Crippen LogP contribution in [-0.4, -0.2) is 35.6 Å². The summed E-state index contributed by atoms with van der Waals surface area (Å²) in [5.41, 5.74) is 0. The molecule has 1 heterocycles. The normalized spacial score (nSPS) is 11.7. The zero-order valence-electron chi connectivity index (χ0n) is 10.7. The fraction of sp³-hybridized carbons (Fsp3) is 0.417. The highest BCUT2D eigenvalue weighted by atomic mass is 35.5. The lowest BCUT2D eigenvalue weighted by Gasteiger charge is -2.13. The molecule has 0 aliphatic carbocycles. The maximum atomic E-state index is 11.8. The molecule has 0 spiro atoms. The van der Waals surface area contributed by atoms with Crippen LogP contribution in [0.1, 0.15) is 29.4 Å². The zero-order chi connectivity index (χ0) is 15.1. The first-order chi connectivity index (χ1) is 9.43. The van der Waals surface area contributed by atoms with Crippen LogP contribution in [0, 0.1) is 0 Å². The summed E-state index contributed by atoms with van der Waals surface area (Å²) in [6, 6.07) is 1.91. The Morgan fingerprint density at radius 1 is 1.45 bits per heavy atom. The zero-order valence-corrected chi connectivity index (χ0v) is 12.3. The van der Waals surface area contributed by atoms with E-state index in [4.69, 9.17) is 21.4 Å². The van der Waals surface area contributed by atoms with Gasteiger partial charge in [-0.2, -0.15) is 0 Å². The molecule has 0 saturated carbocycles. The van der Waals surface area contributed by atoms with E-state index in [0.29, 0.717) is 9.21 Å². The van der Waals surface area contributed by atoms with Crippen LogP contribution < -0.4 is 5.32 Å². The number of thiophene rings is 1. The quantitative estimate of drug-likeness (QED) is 0.749. The minimum absolute atomic E-state index is 0.0288. The first kappa shape index (κ1) is 16.5. The van der Waals surface area contributed by atoms with Crippen LogP contribution in [0.4, 0.5) is 0 Å². The second-order valence-electron chi connectivity index (χ2n) is 3.81. The number of esters is 1. The van der Waals surface area contributed by atoms with Crippen molar-refractivity contribution in [3.8, 4) is 0 Å². The van der Waals surface area contributed by atoms with Gasteiger partial charge in [0.2, 0.25) is 0 Å². The molecule has 1 amide bonds. The van der Waals surface area contributed by atoms with Crippen LogP contribution in [0.15, 0.2) is 12.1 Å². The van der Waals surface area contributed by atoms with Crippen molar-refractivity contribution in [3.05, 3.63) is 21.3 Å². The van der Waals surface area contributed by atoms with E-state index < -0.39 is 23.9 Å². The van der Waals surface area contributed by atoms with Gasteiger partial charge >= 0.3 is 11.9 Å². The fourth-order valence-electron chi connectivity index (χ4n) is 1.42. The minimum Gasteiger partial charge on any atom is -0.480 e. The van der Waals surface area contributed by atoms with Gasteiger partial charge in [-0.3, -0.25) is 9.59 Å². The highest BCUT2D eigenvalue weighted by Gasteiger charge is 2.22. The molecule has 0 aliphatic rings. The number of carboxylic acid groups (broad SMARTS) is 1. The van der Waals surface area contributed by atoms with Gasteiger partial charge in [0.05, 0.1) is 15.8 Å². The number of carboxylic acids is 1. The van der Waals surface area contributed by atoms with Gasteiger partial charge in [0, 0.05) is 6.42 Å². The molecule has 0 fully saturated rings. The largest absolute Gasteiger partial charge is 0.480 e. The van der Waals surface area contributed by atoms with Crippen LogP contribution in [-0.2, 0) is 14.3 Å². The molecule has 0 radical (unpaired) electrons. The van der Waals surface area contributed by atoms with E-state index in [2.05, 4.69) is 5.32 Å². The first-order valence-corrected chi connectivity index (χ1v) is 7.08. The first-order valence-electron chi connectivity index (χ1n) is 5.88. The van der Waals surface area contributed by atoms with Gasteiger partial charge in [0.15, 0.2) is 0 Å². The molecule has 1 atom stereocenters. The molecule has 8 heteroatoms. The van der Waals surface area contributed by atoms with Crippen molar-refractivity contribution in [1.29, 1.82) is 0 Å². The van der Waals surface area contributed by atoms with Crippen molar-refractivity contribution in [1.82, 2.24) is 5.32 Å². The molecular formula is C12H14ClNO5S. The number of halogens is 1. The van der Waals surface area contributed by atoms with E-state index in [1.807, 2.05) is 0 Å². The van der Waals surface area contributed by atoms with Crippen molar-refractivity contribution in [2.24, 2.45) is 0 Å². The highest BCUT2D eigenvalue weighted by molar-refractivity contribution is 7.18. The molecule has 0 unspecified atom stereocenters. The Kier molecular flexibility index (Phi) is 6.47. The van der Waals surface area contributed by atoms with Crippen molar-refractivity contribution in [3.63, 3.8) is 0 Å². The van der Waals surface area contributed by atoms with Crippen LogP contribution >= 0.6 is 22.9 Å². The van der Waals surface area contributed by atoms with E-state index in [-0.39, 0.29) is 19.4 Å². The summed E-state index contributed by atoms with van der Waals surface area (Å²) in [7, 11) is 0. The molecule has 0 aromatic carbocycles. The van der Waals surface area contributed by atoms with Crippen LogP contribution in [0.3, 0.4) is 0 Å². The molecule has 110 valence electrons. The van der Waals surface area contributed by atoms with Crippen molar-refractivity contribution in [2.45, 2.75) is 25.8 Å². The summed E-state index contributed by atoms with van der Waals surface area (Å²) < 4.78 is 5.14. The Morgan fingerprint density at radius 2 is 2.15 bits per heavy atom. The molecule has 0 aliphatic heterocycles. The molecular weight excluding hydrogens is 306 g/mol. The second-order valence-corrected chi connectivity index (χ2v) is 5.53. The molecule has 0 bridgehead atoms. The summed E-state index contributed by atoms with van der Waals surface area (Å²) in [6.07, 6.45) is -0.102. The summed E-state index contributed by atoms with van der Waals surface area (Å²) in [5.74, 6) is -2.23. The van der Waals surface area contributed by atoms with Crippen LogP contribution in [0.25, 0.3) is 0 Å². The average Bonchev–Trinajstić information content (AvgIpc) is 2.81. The topological polar surface area (TPSA) is 92.7 Å². The molecule has 0 saturated heterocycles. The lowest BCUT2D eigenvalue weighted by Crippen LogP contribution is -2.40. The SMILES string of the molecule is CCOC(=O)CC[C@H](NC(=O)c1ccc(Cl)s1)C(=O)O. The minimum atomic E-state index is -1.20. The maximum Gasteiger partial charge on any atom is 0.326 e. The number of aliphatic carboxylic acids is 1. The Labute approximate surface area is 124 Å². The molecule has 1 rings (SSSR count). The lowest BCUT2D eigenvalue weighted by atomic mass is 10.1. The standard InChI is InChI=1S/C12H14ClNO5S/c1-2-19-10(15)6-3-7(12(17)18)14-11(16)8-4-5-9(13)20-8/h4-5,7H,2-3,6H2,1H3,(H,14,16)(H,17,18)/t7-/m0/s1. The van der Waals surface area contributed by atoms with Crippen molar-refractivity contribution >= 4 is 40.8 Å². The Bertz CT molecular complexity index is 502. The van der Waals surface area contributed by atoms with Crippen LogP contribution in [0.2, 0.25) is 4.34 Å². The average molecular weight is 320 g/mol. The number of amides is 1. The van der Waals surface area contributed by atoms with Gasteiger partial charge in [-0.25, -0.2) is 4.79 Å². The van der Waals surface area contributed by atoms with Gasteiger partial charge in [0.25, 0.3) is 5.91 Å². The van der Waals surface area contributed by atoms with Gasteiger partial charge < -0.3 is 15.2 Å². The Hall–Kier alpha value is -1.60. The summed E-state index contributed by atoms with van der Waals surface area (Å²) in [6.45, 7) is 1.89. The van der Waals surface area contributed by atoms with E-state index in [1.54, 1.807) is 13.0 Å². The summed E-state index contributed by atoms with van der Waals surface area (Å²) in [5, 5.41) is 11.4.